The van der Waals surface area contributed by atoms with E-state index in [0.29, 0.717) is 9.90 Å². The first kappa shape index (κ1) is 8.62. The molecule has 0 saturated heterocycles. The fourth-order valence-electron chi connectivity index (χ4n) is 0.484. The summed E-state index contributed by atoms with van der Waals surface area (Å²) in [6, 6.07) is 0. The molecule has 1 aromatic rings. The van der Waals surface area contributed by atoms with Gasteiger partial charge in [-0.15, -0.1) is 0 Å². The summed E-state index contributed by atoms with van der Waals surface area (Å²) in [7, 11) is 0. The van der Waals surface area contributed by atoms with Crippen LogP contribution in [0.2, 0.25) is 10.2 Å². The summed E-state index contributed by atoms with van der Waals surface area (Å²) in [6.45, 7) is 0.208. The predicted octanol–water partition coefficient (Wildman–Crippen LogP) is 3.26. The minimum atomic E-state index is 0.208. The van der Waals surface area contributed by atoms with Crippen molar-refractivity contribution in [3.63, 3.8) is 0 Å². The van der Waals surface area contributed by atoms with Crippen molar-refractivity contribution < 1.29 is 0 Å². The van der Waals surface area contributed by atoms with Crippen LogP contribution in [0.5, 0.6) is 0 Å². The normalized spacial score (nSPS) is 9.27. The topological polar surface area (TPSA) is 61.7 Å². The summed E-state index contributed by atoms with van der Waals surface area (Å²) in [5.74, 6) is 0. The van der Waals surface area contributed by atoms with Gasteiger partial charge in [0.2, 0.25) is 0 Å². The predicted molar refractivity (Wildman–Crippen MR) is 45.0 cm³/mol. The zero-order valence-electron chi connectivity index (χ0n) is 5.16. The highest BCUT2D eigenvalue weighted by Crippen LogP contribution is 2.28. The number of azide groups is 1. The van der Waals surface area contributed by atoms with Gasteiger partial charge in [0, 0.05) is 4.91 Å². The van der Waals surface area contributed by atoms with E-state index in [2.05, 4.69) is 14.4 Å². The van der Waals surface area contributed by atoms with Crippen LogP contribution in [0.15, 0.2) is 5.11 Å². The molecule has 0 unspecified atom stereocenters. The second-order valence-corrected chi connectivity index (χ2v) is 3.19. The van der Waals surface area contributed by atoms with Crippen LogP contribution in [0.3, 0.4) is 0 Å². The molecule has 1 rings (SSSR count). The van der Waals surface area contributed by atoms with Crippen molar-refractivity contribution in [3.8, 4) is 0 Å². The van der Waals surface area contributed by atoms with Crippen molar-refractivity contribution in [1.29, 1.82) is 0 Å². The van der Waals surface area contributed by atoms with E-state index >= 15 is 0 Å². The van der Waals surface area contributed by atoms with E-state index in [4.69, 9.17) is 28.7 Å². The van der Waals surface area contributed by atoms with Crippen LogP contribution in [-0.4, -0.2) is 4.37 Å². The summed E-state index contributed by atoms with van der Waals surface area (Å²) in [6.07, 6.45) is 0. The van der Waals surface area contributed by atoms with Crippen LogP contribution in [0, 0.1) is 0 Å². The molecule has 11 heavy (non-hydrogen) atoms. The van der Waals surface area contributed by atoms with E-state index < -0.39 is 0 Å². The van der Waals surface area contributed by atoms with E-state index in [1.807, 2.05) is 0 Å². The van der Waals surface area contributed by atoms with Gasteiger partial charge in [0.15, 0.2) is 5.15 Å². The van der Waals surface area contributed by atoms with Crippen molar-refractivity contribution in [2.75, 3.05) is 0 Å². The number of hydrogen-bond donors (Lipinski definition) is 0. The molecule has 4 nitrogen and oxygen atoms in total. The number of hydrogen-bond acceptors (Lipinski definition) is 3. The van der Waals surface area contributed by atoms with Gasteiger partial charge in [0.05, 0.1) is 16.4 Å². The standard InChI is InChI=1S/C4H2Cl2N4S/c5-3-2(1-8-10-7)11-9-4(3)6/h1H2. The lowest BCUT2D eigenvalue weighted by Crippen LogP contribution is -1.71. The fourth-order valence-corrected chi connectivity index (χ4v) is 1.59. The zero-order valence-corrected chi connectivity index (χ0v) is 7.49. The second-order valence-electron chi connectivity index (χ2n) is 1.60. The van der Waals surface area contributed by atoms with Gasteiger partial charge in [-0.1, -0.05) is 28.3 Å². The molecule has 0 bridgehead atoms. The molecule has 0 fully saturated rings. The Bertz CT molecular complexity index is 303. The Kier molecular flexibility index (Phi) is 2.96. The van der Waals surface area contributed by atoms with Crippen molar-refractivity contribution in [2.45, 2.75) is 6.54 Å². The maximum atomic E-state index is 7.99. The summed E-state index contributed by atoms with van der Waals surface area (Å²) in [5.41, 5.74) is 7.99. The third kappa shape index (κ3) is 1.97. The number of aromatic nitrogens is 1. The molecule has 0 aliphatic rings. The third-order valence-corrected chi connectivity index (χ3v) is 2.76. The minimum absolute atomic E-state index is 0.208. The smallest absolute Gasteiger partial charge is 0.161 e. The van der Waals surface area contributed by atoms with Crippen LogP contribution >= 0.6 is 34.7 Å². The molecule has 7 heteroatoms. The first-order chi connectivity index (χ1) is 5.25. The lowest BCUT2D eigenvalue weighted by Gasteiger charge is -1.85. The fraction of sp³-hybridized carbons (Fsp3) is 0.250. The average Bonchev–Trinajstić information content (AvgIpc) is 2.31. The van der Waals surface area contributed by atoms with Crippen molar-refractivity contribution >= 4 is 34.7 Å². The summed E-state index contributed by atoms with van der Waals surface area (Å²) >= 11 is 12.4. The van der Waals surface area contributed by atoms with E-state index in [9.17, 15) is 0 Å². The molecule has 0 aliphatic carbocycles. The Morgan fingerprint density at radius 3 is 2.82 bits per heavy atom. The van der Waals surface area contributed by atoms with Gasteiger partial charge in [-0.05, 0) is 17.1 Å². The SMILES string of the molecule is [N-]=[N+]=NCc1snc(Cl)c1Cl. The monoisotopic (exact) mass is 208 g/mol. The highest BCUT2D eigenvalue weighted by molar-refractivity contribution is 7.06. The largest absolute Gasteiger partial charge is 0.179 e. The Hall–Kier alpha value is -0.480. The van der Waals surface area contributed by atoms with Gasteiger partial charge in [-0.3, -0.25) is 0 Å². The Morgan fingerprint density at radius 2 is 2.36 bits per heavy atom. The molecule has 0 spiro atoms. The molecule has 0 saturated carbocycles. The summed E-state index contributed by atoms with van der Waals surface area (Å²) < 4.78 is 3.76. The molecule has 1 heterocycles. The Balaban J connectivity index is 2.86. The maximum absolute atomic E-state index is 7.99. The molecule has 0 aliphatic heterocycles. The van der Waals surface area contributed by atoms with Gasteiger partial charge in [-0.2, -0.15) is 4.37 Å². The zero-order chi connectivity index (χ0) is 8.27. The number of rotatable bonds is 2. The van der Waals surface area contributed by atoms with Crippen molar-refractivity contribution in [1.82, 2.24) is 4.37 Å². The highest BCUT2D eigenvalue weighted by Gasteiger charge is 2.07. The lowest BCUT2D eigenvalue weighted by molar-refractivity contribution is 1.08. The van der Waals surface area contributed by atoms with Gasteiger partial charge < -0.3 is 0 Å². The van der Waals surface area contributed by atoms with Crippen LogP contribution in [0.4, 0.5) is 0 Å². The van der Waals surface area contributed by atoms with E-state index in [-0.39, 0.29) is 11.7 Å². The summed E-state index contributed by atoms with van der Waals surface area (Å²) in [4.78, 5) is 3.27. The van der Waals surface area contributed by atoms with Crippen LogP contribution in [-0.2, 0) is 6.54 Å². The van der Waals surface area contributed by atoms with Crippen LogP contribution < -0.4 is 0 Å². The van der Waals surface area contributed by atoms with Crippen molar-refractivity contribution in [2.24, 2.45) is 5.11 Å². The highest BCUT2D eigenvalue weighted by atomic mass is 35.5. The molecule has 0 aromatic carbocycles. The quantitative estimate of drug-likeness (QED) is 0.418. The van der Waals surface area contributed by atoms with E-state index in [1.54, 1.807) is 0 Å². The van der Waals surface area contributed by atoms with E-state index in [0.717, 1.165) is 11.5 Å². The minimum Gasteiger partial charge on any atom is -0.179 e. The second kappa shape index (κ2) is 3.78. The maximum Gasteiger partial charge on any atom is 0.161 e. The van der Waals surface area contributed by atoms with Gasteiger partial charge in [0.25, 0.3) is 0 Å². The molecular weight excluding hydrogens is 207 g/mol. The molecule has 0 N–H and O–H groups in total. The molecule has 58 valence electrons. The van der Waals surface area contributed by atoms with Crippen LogP contribution in [0.25, 0.3) is 10.4 Å². The van der Waals surface area contributed by atoms with E-state index in [1.165, 1.54) is 0 Å². The van der Waals surface area contributed by atoms with Gasteiger partial charge in [0.1, 0.15) is 0 Å². The molecule has 1 aromatic heterocycles. The molecule has 0 amide bonds. The molecule has 0 atom stereocenters. The average molecular weight is 209 g/mol. The van der Waals surface area contributed by atoms with Crippen LogP contribution in [0.1, 0.15) is 4.88 Å². The number of nitrogens with zero attached hydrogens (tertiary/aromatic N) is 4. The first-order valence-corrected chi connectivity index (χ1v) is 4.09. The Morgan fingerprint density at radius 1 is 1.64 bits per heavy atom. The summed E-state index contributed by atoms with van der Waals surface area (Å²) in [5, 5.41) is 3.97. The van der Waals surface area contributed by atoms with Crippen molar-refractivity contribution in [3.05, 3.63) is 25.5 Å². The third-order valence-electron chi connectivity index (χ3n) is 0.939. The Labute approximate surface area is 76.5 Å². The number of halogens is 2. The lowest BCUT2D eigenvalue weighted by atomic mass is 10.5. The molecule has 0 radical (unpaired) electrons. The first-order valence-electron chi connectivity index (χ1n) is 2.56. The molecular formula is C4H2Cl2N4S. The van der Waals surface area contributed by atoms with Gasteiger partial charge >= 0.3 is 0 Å². The van der Waals surface area contributed by atoms with Gasteiger partial charge in [-0.25, -0.2) is 0 Å².